The Hall–Kier alpha value is -1.69. The topological polar surface area (TPSA) is 12.5 Å². The van der Waals surface area contributed by atoms with Crippen LogP contribution >= 0.6 is 15.9 Å². The fourth-order valence-corrected chi connectivity index (χ4v) is 3.63. The smallest absolute Gasteiger partial charge is 0.406 e. The fourth-order valence-electron chi connectivity index (χ4n) is 3.08. The first-order valence-electron chi connectivity index (χ1n) is 7.21. The van der Waals surface area contributed by atoms with Gasteiger partial charge >= 0.3 is 6.36 Å². The van der Waals surface area contributed by atoms with Crippen LogP contribution < -0.4 is 9.64 Å². The molecule has 1 aliphatic heterocycles. The molecule has 1 unspecified atom stereocenters. The zero-order chi connectivity index (χ0) is 16.6. The Morgan fingerprint density at radius 2 is 1.91 bits per heavy atom. The maximum Gasteiger partial charge on any atom is 0.573 e. The second kappa shape index (κ2) is 6.07. The highest BCUT2D eigenvalue weighted by atomic mass is 79.9. The number of hydrogen-bond donors (Lipinski definition) is 0. The summed E-state index contributed by atoms with van der Waals surface area (Å²) in [6.07, 6.45) is -2.97. The number of rotatable bonds is 2. The van der Waals surface area contributed by atoms with Gasteiger partial charge in [-0.3, -0.25) is 0 Å². The summed E-state index contributed by atoms with van der Waals surface area (Å²) in [6, 6.07) is 12.3. The third-order valence-electron chi connectivity index (χ3n) is 4.09. The van der Waals surface area contributed by atoms with E-state index in [4.69, 9.17) is 0 Å². The molecule has 6 heteroatoms. The van der Waals surface area contributed by atoms with E-state index in [1.54, 1.807) is 6.07 Å². The molecule has 0 radical (unpaired) electrons. The first-order valence-corrected chi connectivity index (χ1v) is 8.00. The van der Waals surface area contributed by atoms with E-state index in [0.717, 1.165) is 28.6 Å². The summed E-state index contributed by atoms with van der Waals surface area (Å²) in [5, 5.41) is 0. The molecule has 0 amide bonds. The zero-order valence-electron chi connectivity index (χ0n) is 12.4. The molecule has 0 aliphatic carbocycles. The lowest BCUT2D eigenvalue weighted by Gasteiger charge is -2.37. The Bertz CT molecular complexity index is 717. The summed E-state index contributed by atoms with van der Waals surface area (Å²) in [4.78, 5) is 2.11. The van der Waals surface area contributed by atoms with E-state index < -0.39 is 6.36 Å². The predicted octanol–water partition coefficient (Wildman–Crippen LogP) is 5.47. The van der Waals surface area contributed by atoms with E-state index in [9.17, 15) is 13.2 Å². The van der Waals surface area contributed by atoms with E-state index in [0.29, 0.717) is 0 Å². The van der Waals surface area contributed by atoms with Gasteiger partial charge in [0, 0.05) is 17.2 Å². The minimum atomic E-state index is -4.67. The SMILES string of the molecule is CN1c2cccc(Br)c2CCC1c1cccc(OC(F)(F)F)c1. The molecule has 0 N–H and O–H groups in total. The maximum atomic E-state index is 12.4. The molecular formula is C17H15BrF3NO. The number of ether oxygens (including phenoxy) is 1. The number of anilines is 1. The van der Waals surface area contributed by atoms with Crippen molar-refractivity contribution in [1.82, 2.24) is 0 Å². The molecule has 2 aromatic rings. The second-order valence-electron chi connectivity index (χ2n) is 5.52. The molecule has 0 fully saturated rings. The molecule has 0 bridgehead atoms. The predicted molar refractivity (Wildman–Crippen MR) is 86.7 cm³/mol. The molecule has 122 valence electrons. The number of nitrogens with zero attached hydrogens (tertiary/aromatic N) is 1. The van der Waals surface area contributed by atoms with Gasteiger partial charge in [0.05, 0.1) is 6.04 Å². The number of alkyl halides is 3. The van der Waals surface area contributed by atoms with Crippen LogP contribution in [0.15, 0.2) is 46.9 Å². The molecule has 2 nitrogen and oxygen atoms in total. The standard InChI is InChI=1S/C17H15BrF3NO/c1-22-15(9-8-13-14(18)6-3-7-16(13)22)11-4-2-5-12(10-11)23-17(19,20)21/h2-7,10,15H,8-9H2,1H3. The second-order valence-corrected chi connectivity index (χ2v) is 6.38. The Kier molecular flexibility index (Phi) is 4.27. The van der Waals surface area contributed by atoms with Crippen LogP contribution in [0.1, 0.15) is 23.6 Å². The lowest BCUT2D eigenvalue weighted by Crippen LogP contribution is -2.29. The van der Waals surface area contributed by atoms with Crippen LogP contribution in [0, 0.1) is 0 Å². The quantitative estimate of drug-likeness (QED) is 0.679. The van der Waals surface area contributed by atoms with Gasteiger partial charge in [0.2, 0.25) is 0 Å². The van der Waals surface area contributed by atoms with Gasteiger partial charge in [-0.05, 0) is 48.2 Å². The van der Waals surface area contributed by atoms with Gasteiger partial charge in [-0.1, -0.05) is 34.1 Å². The highest BCUT2D eigenvalue weighted by Crippen LogP contribution is 2.41. The summed E-state index contributed by atoms with van der Waals surface area (Å²) >= 11 is 3.56. The van der Waals surface area contributed by atoms with Crippen LogP contribution in [-0.2, 0) is 6.42 Å². The molecule has 0 saturated carbocycles. The van der Waals surface area contributed by atoms with E-state index in [1.165, 1.54) is 17.7 Å². The third kappa shape index (κ3) is 3.47. The number of halogens is 4. The molecule has 0 saturated heterocycles. The van der Waals surface area contributed by atoms with Crippen molar-refractivity contribution in [2.45, 2.75) is 25.2 Å². The van der Waals surface area contributed by atoms with Crippen molar-refractivity contribution < 1.29 is 17.9 Å². The maximum absolute atomic E-state index is 12.4. The van der Waals surface area contributed by atoms with E-state index in [2.05, 4.69) is 25.6 Å². The van der Waals surface area contributed by atoms with Gasteiger partial charge in [-0.2, -0.15) is 0 Å². The zero-order valence-corrected chi connectivity index (χ0v) is 14.0. The van der Waals surface area contributed by atoms with Crippen molar-refractivity contribution in [1.29, 1.82) is 0 Å². The van der Waals surface area contributed by atoms with Crippen molar-refractivity contribution in [2.75, 3.05) is 11.9 Å². The first kappa shape index (κ1) is 16.2. The number of hydrogen-bond acceptors (Lipinski definition) is 2. The van der Waals surface area contributed by atoms with Crippen LogP contribution in [-0.4, -0.2) is 13.4 Å². The van der Waals surface area contributed by atoms with Crippen LogP contribution in [0.5, 0.6) is 5.75 Å². The summed E-state index contributed by atoms with van der Waals surface area (Å²) in [5.41, 5.74) is 3.14. The molecule has 23 heavy (non-hydrogen) atoms. The van der Waals surface area contributed by atoms with E-state index >= 15 is 0 Å². The van der Waals surface area contributed by atoms with E-state index in [-0.39, 0.29) is 11.8 Å². The lowest BCUT2D eigenvalue weighted by molar-refractivity contribution is -0.274. The minimum Gasteiger partial charge on any atom is -0.406 e. The number of fused-ring (bicyclic) bond motifs is 1. The largest absolute Gasteiger partial charge is 0.573 e. The summed E-state index contributed by atoms with van der Waals surface area (Å²) in [5.74, 6) is -0.177. The normalized spacial score (nSPS) is 17.8. The average Bonchev–Trinajstić information content (AvgIpc) is 2.47. The van der Waals surface area contributed by atoms with Gasteiger partial charge in [0.25, 0.3) is 0 Å². The van der Waals surface area contributed by atoms with Crippen LogP contribution in [0.25, 0.3) is 0 Å². The fraction of sp³-hybridized carbons (Fsp3) is 0.294. The Balaban J connectivity index is 1.90. The molecule has 1 atom stereocenters. The van der Waals surface area contributed by atoms with Gasteiger partial charge in [-0.15, -0.1) is 13.2 Å². The first-order chi connectivity index (χ1) is 10.8. The molecule has 0 spiro atoms. The molecule has 1 heterocycles. The molecule has 3 rings (SSSR count). The van der Waals surface area contributed by atoms with Crippen molar-refractivity contribution >= 4 is 21.6 Å². The molecule has 2 aromatic carbocycles. The molecular weight excluding hydrogens is 371 g/mol. The van der Waals surface area contributed by atoms with Gasteiger partial charge in [0.1, 0.15) is 5.75 Å². The third-order valence-corrected chi connectivity index (χ3v) is 4.83. The van der Waals surface area contributed by atoms with Crippen molar-refractivity contribution in [3.63, 3.8) is 0 Å². The highest BCUT2D eigenvalue weighted by molar-refractivity contribution is 9.10. The molecule has 1 aliphatic rings. The van der Waals surface area contributed by atoms with Gasteiger partial charge < -0.3 is 9.64 Å². The number of benzene rings is 2. The Morgan fingerprint density at radius 1 is 1.17 bits per heavy atom. The monoisotopic (exact) mass is 385 g/mol. The van der Waals surface area contributed by atoms with Crippen molar-refractivity contribution in [3.8, 4) is 5.75 Å². The van der Waals surface area contributed by atoms with Crippen LogP contribution in [0.2, 0.25) is 0 Å². The summed E-state index contributed by atoms with van der Waals surface area (Å²) in [7, 11) is 1.96. The van der Waals surface area contributed by atoms with Crippen molar-refractivity contribution in [3.05, 3.63) is 58.1 Å². The van der Waals surface area contributed by atoms with Gasteiger partial charge in [0.15, 0.2) is 0 Å². The Morgan fingerprint density at radius 3 is 2.65 bits per heavy atom. The Labute approximate surface area is 141 Å². The van der Waals surface area contributed by atoms with Crippen LogP contribution in [0.4, 0.5) is 18.9 Å². The molecule has 0 aromatic heterocycles. The lowest BCUT2D eigenvalue weighted by atomic mass is 9.92. The summed E-state index contributed by atoms with van der Waals surface area (Å²) < 4.78 is 42.3. The van der Waals surface area contributed by atoms with Gasteiger partial charge in [-0.25, -0.2) is 0 Å². The van der Waals surface area contributed by atoms with Crippen molar-refractivity contribution in [2.24, 2.45) is 0 Å². The van der Waals surface area contributed by atoms with Crippen LogP contribution in [0.3, 0.4) is 0 Å². The highest BCUT2D eigenvalue weighted by Gasteiger charge is 2.32. The minimum absolute atomic E-state index is 0.0218. The van der Waals surface area contributed by atoms with E-state index in [1.807, 2.05) is 31.3 Å². The summed E-state index contributed by atoms with van der Waals surface area (Å²) in [6.45, 7) is 0. The average molecular weight is 386 g/mol.